The average molecular weight is 240 g/mol. The van der Waals surface area contributed by atoms with E-state index in [0.29, 0.717) is 6.08 Å². The number of methoxy groups -OCH3 is 1. The molecule has 1 aromatic carbocycles. The molecule has 5 nitrogen and oxygen atoms in total. The smallest absolute Gasteiger partial charge is 0.376 e. The van der Waals surface area contributed by atoms with Crippen LogP contribution < -0.4 is 4.74 Å². The Bertz CT molecular complexity index is 493. The van der Waals surface area contributed by atoms with Crippen LogP contribution in [0.5, 0.6) is 5.75 Å². The molecule has 0 saturated heterocycles. The van der Waals surface area contributed by atoms with Gasteiger partial charge >= 0.3 is 5.97 Å². The molecule has 0 radical (unpaired) electrons. The standard InChI is InChI=1S/C11H9FO5/c1-17-6-2-3-8(12)7(4-6)9(13)5-10(14)11(15)16/h2-5,13H,1H3,(H,15,16). The molecule has 1 aromatic rings. The summed E-state index contributed by atoms with van der Waals surface area (Å²) in [4.78, 5) is 21.1. The van der Waals surface area contributed by atoms with Crippen molar-refractivity contribution in [1.82, 2.24) is 0 Å². The molecule has 90 valence electrons. The molecule has 0 heterocycles. The Balaban J connectivity index is 3.15. The second-order valence-electron chi connectivity index (χ2n) is 3.04. The fraction of sp³-hybridized carbons (Fsp3) is 0.0909. The number of hydrogen-bond acceptors (Lipinski definition) is 4. The maximum atomic E-state index is 13.3. The molecule has 0 amide bonds. The zero-order chi connectivity index (χ0) is 13.0. The van der Waals surface area contributed by atoms with Gasteiger partial charge in [0.05, 0.1) is 12.7 Å². The van der Waals surface area contributed by atoms with Crippen LogP contribution in [0.2, 0.25) is 0 Å². The second kappa shape index (κ2) is 5.11. The lowest BCUT2D eigenvalue weighted by molar-refractivity contribution is -0.146. The van der Waals surface area contributed by atoms with E-state index in [1.165, 1.54) is 13.2 Å². The summed E-state index contributed by atoms with van der Waals surface area (Å²) in [6.45, 7) is 0. The molecule has 0 saturated carbocycles. The van der Waals surface area contributed by atoms with Crippen molar-refractivity contribution in [3.8, 4) is 5.75 Å². The quantitative estimate of drug-likeness (QED) is 0.472. The first-order chi connectivity index (χ1) is 7.95. The van der Waals surface area contributed by atoms with E-state index in [9.17, 15) is 19.1 Å². The summed E-state index contributed by atoms with van der Waals surface area (Å²) in [5, 5.41) is 17.7. The number of ketones is 1. The summed E-state index contributed by atoms with van der Waals surface area (Å²) in [7, 11) is 1.35. The first-order valence-electron chi connectivity index (χ1n) is 4.47. The summed E-state index contributed by atoms with van der Waals surface area (Å²) >= 11 is 0. The largest absolute Gasteiger partial charge is 0.507 e. The van der Waals surface area contributed by atoms with Gasteiger partial charge in [0.25, 0.3) is 5.78 Å². The Morgan fingerprint density at radius 3 is 2.53 bits per heavy atom. The van der Waals surface area contributed by atoms with Gasteiger partial charge < -0.3 is 14.9 Å². The van der Waals surface area contributed by atoms with Gasteiger partial charge in [0, 0.05) is 6.08 Å². The summed E-state index contributed by atoms with van der Waals surface area (Å²) in [5.41, 5.74) is -0.307. The number of aliphatic hydroxyl groups is 1. The Morgan fingerprint density at radius 2 is 2.00 bits per heavy atom. The highest BCUT2D eigenvalue weighted by Crippen LogP contribution is 2.21. The molecule has 0 aliphatic rings. The van der Waals surface area contributed by atoms with Crippen LogP contribution in [0.1, 0.15) is 5.56 Å². The highest BCUT2D eigenvalue weighted by molar-refractivity contribution is 6.38. The summed E-state index contributed by atoms with van der Waals surface area (Å²) in [5.74, 6) is -4.37. The van der Waals surface area contributed by atoms with E-state index < -0.39 is 23.3 Å². The van der Waals surface area contributed by atoms with E-state index in [1.807, 2.05) is 0 Å². The number of ether oxygens (including phenoxy) is 1. The number of hydrogen-bond donors (Lipinski definition) is 2. The summed E-state index contributed by atoms with van der Waals surface area (Å²) in [6, 6.07) is 3.50. The molecular weight excluding hydrogens is 231 g/mol. The van der Waals surface area contributed by atoms with Crippen LogP contribution in [0, 0.1) is 5.82 Å². The minimum Gasteiger partial charge on any atom is -0.507 e. The number of rotatable bonds is 4. The third-order valence-corrected chi connectivity index (χ3v) is 1.93. The zero-order valence-corrected chi connectivity index (χ0v) is 8.81. The molecule has 1 rings (SSSR count). The number of halogens is 1. The number of aliphatic carboxylic acids is 1. The molecule has 0 bridgehead atoms. The van der Waals surface area contributed by atoms with E-state index in [4.69, 9.17) is 9.84 Å². The predicted octanol–water partition coefficient (Wildman–Crippen LogP) is 1.39. The Morgan fingerprint density at radius 1 is 1.35 bits per heavy atom. The molecule has 0 spiro atoms. The van der Waals surface area contributed by atoms with Gasteiger partial charge in [-0.25, -0.2) is 9.18 Å². The zero-order valence-electron chi connectivity index (χ0n) is 8.81. The molecule has 17 heavy (non-hydrogen) atoms. The van der Waals surface area contributed by atoms with Crippen LogP contribution in [0.15, 0.2) is 24.3 Å². The van der Waals surface area contributed by atoms with Crippen molar-refractivity contribution in [3.05, 3.63) is 35.7 Å². The van der Waals surface area contributed by atoms with Crippen molar-refractivity contribution in [2.75, 3.05) is 7.11 Å². The molecule has 0 aliphatic heterocycles. The SMILES string of the molecule is COc1ccc(F)c(C(O)=CC(=O)C(=O)O)c1. The normalized spacial score (nSPS) is 11.1. The summed E-state index contributed by atoms with van der Waals surface area (Å²) < 4.78 is 18.1. The van der Waals surface area contributed by atoms with Crippen LogP contribution in [0.4, 0.5) is 4.39 Å². The first kappa shape index (κ1) is 12.7. The van der Waals surface area contributed by atoms with Gasteiger partial charge in [-0.05, 0) is 18.2 Å². The Kier molecular flexibility index (Phi) is 3.82. The molecular formula is C11H9FO5. The number of carboxylic acid groups (broad SMARTS) is 1. The molecule has 0 atom stereocenters. The van der Waals surface area contributed by atoms with Gasteiger partial charge in [0.2, 0.25) is 0 Å². The highest BCUT2D eigenvalue weighted by atomic mass is 19.1. The number of carboxylic acids is 1. The molecule has 0 aliphatic carbocycles. The Hall–Kier alpha value is -2.37. The minimum atomic E-state index is -1.74. The maximum absolute atomic E-state index is 13.3. The fourth-order valence-electron chi connectivity index (χ4n) is 1.09. The monoisotopic (exact) mass is 240 g/mol. The molecule has 2 N–H and O–H groups in total. The van der Waals surface area contributed by atoms with Crippen molar-refractivity contribution < 1.29 is 28.9 Å². The lowest BCUT2D eigenvalue weighted by Crippen LogP contribution is -2.09. The van der Waals surface area contributed by atoms with Crippen molar-refractivity contribution >= 4 is 17.5 Å². The third kappa shape index (κ3) is 3.04. The van der Waals surface area contributed by atoms with Crippen molar-refractivity contribution in [2.24, 2.45) is 0 Å². The van der Waals surface area contributed by atoms with Crippen molar-refractivity contribution in [3.63, 3.8) is 0 Å². The van der Waals surface area contributed by atoms with Crippen molar-refractivity contribution in [1.29, 1.82) is 0 Å². The average Bonchev–Trinajstić information content (AvgIpc) is 2.29. The van der Waals surface area contributed by atoms with E-state index >= 15 is 0 Å². The van der Waals surface area contributed by atoms with Gasteiger partial charge in [-0.2, -0.15) is 0 Å². The van der Waals surface area contributed by atoms with Gasteiger partial charge in [-0.15, -0.1) is 0 Å². The van der Waals surface area contributed by atoms with Crippen LogP contribution >= 0.6 is 0 Å². The third-order valence-electron chi connectivity index (χ3n) is 1.93. The van der Waals surface area contributed by atoms with Gasteiger partial charge in [0.1, 0.15) is 17.3 Å². The molecule has 0 unspecified atom stereocenters. The van der Waals surface area contributed by atoms with Gasteiger partial charge in [-0.3, -0.25) is 4.79 Å². The van der Waals surface area contributed by atoms with Crippen LogP contribution in [0.25, 0.3) is 5.76 Å². The minimum absolute atomic E-state index is 0.268. The van der Waals surface area contributed by atoms with Crippen LogP contribution in [-0.4, -0.2) is 29.1 Å². The summed E-state index contributed by atoms with van der Waals surface area (Å²) in [6.07, 6.45) is 0.431. The van der Waals surface area contributed by atoms with E-state index in [2.05, 4.69) is 0 Å². The number of carbonyl (C=O) groups excluding carboxylic acids is 1. The van der Waals surface area contributed by atoms with Crippen LogP contribution in [-0.2, 0) is 9.59 Å². The maximum Gasteiger partial charge on any atom is 0.376 e. The van der Waals surface area contributed by atoms with Gasteiger partial charge in [0.15, 0.2) is 0 Å². The highest BCUT2D eigenvalue weighted by Gasteiger charge is 2.13. The lowest BCUT2D eigenvalue weighted by atomic mass is 10.1. The molecule has 0 fully saturated rings. The first-order valence-corrected chi connectivity index (χ1v) is 4.47. The van der Waals surface area contributed by atoms with E-state index in [1.54, 1.807) is 0 Å². The van der Waals surface area contributed by atoms with Gasteiger partial charge in [-0.1, -0.05) is 0 Å². The topological polar surface area (TPSA) is 83.8 Å². The molecule has 6 heteroatoms. The fourth-order valence-corrected chi connectivity index (χ4v) is 1.09. The second-order valence-corrected chi connectivity index (χ2v) is 3.04. The van der Waals surface area contributed by atoms with E-state index in [0.717, 1.165) is 12.1 Å². The number of aliphatic hydroxyl groups excluding tert-OH is 1. The number of benzene rings is 1. The predicted molar refractivity (Wildman–Crippen MR) is 56.2 cm³/mol. The Labute approximate surface area is 95.8 Å². The lowest BCUT2D eigenvalue weighted by Gasteiger charge is -2.04. The van der Waals surface area contributed by atoms with Crippen molar-refractivity contribution in [2.45, 2.75) is 0 Å². The van der Waals surface area contributed by atoms with Crippen LogP contribution in [0.3, 0.4) is 0 Å². The van der Waals surface area contributed by atoms with E-state index in [-0.39, 0.29) is 11.3 Å². The number of carbonyl (C=O) groups is 2. The molecule has 0 aromatic heterocycles.